The monoisotopic (exact) mass is 293 g/mol. The molecule has 112 valence electrons. The van der Waals surface area contributed by atoms with Gasteiger partial charge in [0.05, 0.1) is 17.6 Å². The van der Waals surface area contributed by atoms with Gasteiger partial charge in [-0.1, -0.05) is 0 Å². The zero-order chi connectivity index (χ0) is 15.6. The highest BCUT2D eigenvalue weighted by Gasteiger charge is 2.33. The number of nitro groups is 1. The number of rotatable bonds is 4. The van der Waals surface area contributed by atoms with Crippen molar-refractivity contribution in [3.05, 3.63) is 33.9 Å². The third-order valence-corrected chi connectivity index (χ3v) is 3.48. The molecule has 2 rings (SSSR count). The Hall–Kier alpha value is -2.64. The topological polar surface area (TPSA) is 116 Å². The number of primary amides is 1. The summed E-state index contributed by atoms with van der Waals surface area (Å²) in [5.41, 5.74) is 5.56. The van der Waals surface area contributed by atoms with Crippen LogP contribution in [-0.4, -0.2) is 36.5 Å². The van der Waals surface area contributed by atoms with Crippen molar-refractivity contribution >= 4 is 23.3 Å². The van der Waals surface area contributed by atoms with Crippen LogP contribution in [0.15, 0.2) is 18.2 Å². The van der Waals surface area contributed by atoms with Gasteiger partial charge in [-0.2, -0.15) is 0 Å². The molecular weight excluding hydrogens is 278 g/mol. The van der Waals surface area contributed by atoms with Crippen molar-refractivity contribution in [2.24, 2.45) is 5.73 Å². The number of anilines is 1. The SMILES string of the molecule is COC(=O)c1ccc([N+](=O)[O-])c(N2CCCC2C(N)=O)c1. The van der Waals surface area contributed by atoms with Gasteiger partial charge in [0.25, 0.3) is 5.69 Å². The molecule has 1 aromatic carbocycles. The zero-order valence-electron chi connectivity index (χ0n) is 11.4. The molecule has 8 heteroatoms. The standard InChI is InChI=1S/C13H15N3O5/c1-21-13(18)8-4-5-9(16(19)20)11(7-8)15-6-2-3-10(15)12(14)17/h4-5,7,10H,2-3,6H2,1H3,(H2,14,17). The fourth-order valence-electron chi connectivity index (χ4n) is 2.50. The number of methoxy groups -OCH3 is 1. The summed E-state index contributed by atoms with van der Waals surface area (Å²) in [5, 5.41) is 11.2. The summed E-state index contributed by atoms with van der Waals surface area (Å²) < 4.78 is 4.61. The smallest absolute Gasteiger partial charge is 0.337 e. The van der Waals surface area contributed by atoms with Gasteiger partial charge in [0.2, 0.25) is 5.91 Å². The molecule has 0 bridgehead atoms. The van der Waals surface area contributed by atoms with Gasteiger partial charge in [0.1, 0.15) is 11.7 Å². The third kappa shape index (κ3) is 2.78. The average Bonchev–Trinajstić information content (AvgIpc) is 2.95. The molecule has 1 fully saturated rings. The molecule has 1 unspecified atom stereocenters. The Labute approximate surface area is 120 Å². The van der Waals surface area contributed by atoms with Gasteiger partial charge >= 0.3 is 5.97 Å². The molecule has 0 radical (unpaired) electrons. The van der Waals surface area contributed by atoms with E-state index in [0.717, 1.165) is 0 Å². The lowest BCUT2D eigenvalue weighted by Gasteiger charge is -2.24. The van der Waals surface area contributed by atoms with Crippen molar-refractivity contribution < 1.29 is 19.2 Å². The lowest BCUT2D eigenvalue weighted by atomic mass is 10.1. The van der Waals surface area contributed by atoms with Crippen LogP contribution in [0.3, 0.4) is 0 Å². The van der Waals surface area contributed by atoms with Crippen LogP contribution in [0.4, 0.5) is 11.4 Å². The van der Waals surface area contributed by atoms with Crippen LogP contribution in [0, 0.1) is 10.1 Å². The summed E-state index contributed by atoms with van der Waals surface area (Å²) in [4.78, 5) is 35.2. The number of carbonyl (C=O) groups is 2. The Bertz CT molecular complexity index is 601. The molecule has 0 aromatic heterocycles. The molecule has 0 saturated carbocycles. The Morgan fingerprint density at radius 3 is 2.76 bits per heavy atom. The number of benzene rings is 1. The fourth-order valence-corrected chi connectivity index (χ4v) is 2.50. The van der Waals surface area contributed by atoms with E-state index in [4.69, 9.17) is 5.73 Å². The fraction of sp³-hybridized carbons (Fsp3) is 0.385. The first-order valence-electron chi connectivity index (χ1n) is 6.38. The van der Waals surface area contributed by atoms with Gasteiger partial charge < -0.3 is 15.4 Å². The molecule has 2 N–H and O–H groups in total. The number of nitro benzene ring substituents is 1. The minimum Gasteiger partial charge on any atom is -0.465 e. The van der Waals surface area contributed by atoms with Gasteiger partial charge in [-0.15, -0.1) is 0 Å². The van der Waals surface area contributed by atoms with Crippen LogP contribution in [0.25, 0.3) is 0 Å². The van der Waals surface area contributed by atoms with Crippen molar-refractivity contribution in [1.29, 1.82) is 0 Å². The second-order valence-electron chi connectivity index (χ2n) is 4.71. The first-order chi connectivity index (χ1) is 9.95. The second-order valence-corrected chi connectivity index (χ2v) is 4.71. The van der Waals surface area contributed by atoms with Gasteiger partial charge in [-0.25, -0.2) is 4.79 Å². The highest BCUT2D eigenvalue weighted by molar-refractivity contribution is 5.92. The number of hydrogen-bond acceptors (Lipinski definition) is 6. The first kappa shape index (κ1) is 14.8. The van der Waals surface area contributed by atoms with E-state index >= 15 is 0 Å². The number of ether oxygens (including phenoxy) is 1. The number of carbonyl (C=O) groups excluding carboxylic acids is 2. The van der Waals surface area contributed by atoms with Crippen LogP contribution >= 0.6 is 0 Å². The van der Waals surface area contributed by atoms with E-state index in [9.17, 15) is 19.7 Å². The van der Waals surface area contributed by atoms with E-state index in [2.05, 4.69) is 4.74 Å². The van der Waals surface area contributed by atoms with Gasteiger partial charge in [0, 0.05) is 12.6 Å². The normalized spacial score (nSPS) is 17.6. The molecule has 0 spiro atoms. The molecule has 1 aromatic rings. The molecule has 1 saturated heterocycles. The van der Waals surface area contributed by atoms with E-state index in [1.54, 1.807) is 4.90 Å². The Morgan fingerprint density at radius 2 is 2.19 bits per heavy atom. The Balaban J connectivity index is 2.50. The first-order valence-corrected chi connectivity index (χ1v) is 6.38. The maximum atomic E-state index is 11.6. The molecule has 0 aliphatic carbocycles. The predicted molar refractivity (Wildman–Crippen MR) is 74.0 cm³/mol. The number of esters is 1. The van der Waals surface area contributed by atoms with Crippen molar-refractivity contribution in [3.63, 3.8) is 0 Å². The van der Waals surface area contributed by atoms with E-state index < -0.39 is 22.8 Å². The molecular formula is C13H15N3O5. The van der Waals surface area contributed by atoms with E-state index in [1.807, 2.05) is 0 Å². The van der Waals surface area contributed by atoms with Gasteiger partial charge in [-0.05, 0) is 25.0 Å². The molecule has 1 atom stereocenters. The molecule has 1 aliphatic heterocycles. The number of amides is 1. The predicted octanol–water partition coefficient (Wildman–Crippen LogP) is 0.835. The van der Waals surface area contributed by atoms with Crippen LogP contribution in [-0.2, 0) is 9.53 Å². The van der Waals surface area contributed by atoms with Crippen molar-refractivity contribution in [3.8, 4) is 0 Å². The van der Waals surface area contributed by atoms with E-state index in [0.29, 0.717) is 19.4 Å². The summed E-state index contributed by atoms with van der Waals surface area (Å²) in [6.45, 7) is 0.471. The lowest BCUT2D eigenvalue weighted by Crippen LogP contribution is -2.40. The Morgan fingerprint density at radius 1 is 1.48 bits per heavy atom. The molecule has 1 heterocycles. The summed E-state index contributed by atoms with van der Waals surface area (Å²) >= 11 is 0. The molecule has 1 aliphatic rings. The summed E-state index contributed by atoms with van der Waals surface area (Å²) in [6.07, 6.45) is 1.24. The minimum absolute atomic E-state index is 0.171. The van der Waals surface area contributed by atoms with Gasteiger partial charge in [-0.3, -0.25) is 14.9 Å². The van der Waals surface area contributed by atoms with E-state index in [1.165, 1.54) is 25.3 Å². The van der Waals surface area contributed by atoms with Crippen LogP contribution in [0.2, 0.25) is 0 Å². The summed E-state index contributed by atoms with van der Waals surface area (Å²) in [7, 11) is 1.23. The number of nitrogens with zero attached hydrogens (tertiary/aromatic N) is 2. The summed E-state index contributed by atoms with van der Waals surface area (Å²) in [6, 6.07) is 3.32. The highest BCUT2D eigenvalue weighted by atomic mass is 16.6. The third-order valence-electron chi connectivity index (χ3n) is 3.48. The van der Waals surface area contributed by atoms with Crippen LogP contribution < -0.4 is 10.6 Å². The maximum absolute atomic E-state index is 11.6. The number of nitrogens with two attached hydrogens (primary N) is 1. The highest BCUT2D eigenvalue weighted by Crippen LogP contribution is 2.34. The zero-order valence-corrected chi connectivity index (χ0v) is 11.4. The summed E-state index contributed by atoms with van der Waals surface area (Å²) in [5.74, 6) is -1.13. The second kappa shape index (κ2) is 5.78. The Kier molecular flexibility index (Phi) is 4.06. The quantitative estimate of drug-likeness (QED) is 0.499. The maximum Gasteiger partial charge on any atom is 0.337 e. The molecule has 1 amide bonds. The lowest BCUT2D eigenvalue weighted by molar-refractivity contribution is -0.384. The van der Waals surface area contributed by atoms with Crippen molar-refractivity contribution in [2.75, 3.05) is 18.6 Å². The van der Waals surface area contributed by atoms with E-state index in [-0.39, 0.29) is 16.9 Å². The van der Waals surface area contributed by atoms with Crippen LogP contribution in [0.5, 0.6) is 0 Å². The van der Waals surface area contributed by atoms with Crippen molar-refractivity contribution in [1.82, 2.24) is 0 Å². The molecule has 21 heavy (non-hydrogen) atoms. The minimum atomic E-state index is -0.600. The van der Waals surface area contributed by atoms with Crippen molar-refractivity contribution in [2.45, 2.75) is 18.9 Å². The number of hydrogen-bond donors (Lipinski definition) is 1. The average molecular weight is 293 g/mol. The molecule has 8 nitrogen and oxygen atoms in total. The van der Waals surface area contributed by atoms with Gasteiger partial charge in [0.15, 0.2) is 0 Å². The largest absolute Gasteiger partial charge is 0.465 e. The van der Waals surface area contributed by atoms with Crippen LogP contribution in [0.1, 0.15) is 23.2 Å².